The second-order valence-electron chi connectivity index (χ2n) is 2.97. The first-order chi connectivity index (χ1) is 6.70. The predicted molar refractivity (Wildman–Crippen MR) is 48.8 cm³/mol. The normalized spacial score (nSPS) is 19.6. The van der Waals surface area contributed by atoms with Crippen molar-refractivity contribution in [2.45, 2.75) is 13.3 Å². The lowest BCUT2D eigenvalue weighted by atomic mass is 10.2. The number of carbonyl (C=O) groups is 1. The Kier molecular flexibility index (Phi) is 2.09. The lowest BCUT2D eigenvalue weighted by molar-refractivity contribution is -0.0750. The Labute approximate surface area is 81.0 Å². The van der Waals surface area contributed by atoms with E-state index < -0.39 is 12.4 Å². The molecule has 5 heteroatoms. The molecule has 0 spiro atoms. The molecular weight excluding hydrogens is 184 g/mol. The van der Waals surface area contributed by atoms with Crippen molar-refractivity contribution in [1.82, 2.24) is 4.98 Å². The number of aromatic nitrogens is 1. The van der Waals surface area contributed by atoms with Gasteiger partial charge in [0.15, 0.2) is 0 Å². The van der Waals surface area contributed by atoms with Gasteiger partial charge < -0.3 is 14.8 Å². The number of hydrogen-bond acceptors (Lipinski definition) is 5. The van der Waals surface area contributed by atoms with Crippen molar-refractivity contribution in [3.63, 3.8) is 0 Å². The fourth-order valence-corrected chi connectivity index (χ4v) is 1.24. The van der Waals surface area contributed by atoms with Crippen LogP contribution in [0.3, 0.4) is 0 Å². The van der Waals surface area contributed by atoms with Crippen molar-refractivity contribution < 1.29 is 14.3 Å². The third-order valence-electron chi connectivity index (χ3n) is 1.94. The maximum Gasteiger partial charge on any atom is 0.345 e. The van der Waals surface area contributed by atoms with Crippen molar-refractivity contribution in [2.24, 2.45) is 0 Å². The highest BCUT2D eigenvalue weighted by Crippen LogP contribution is 2.21. The van der Waals surface area contributed by atoms with Gasteiger partial charge in [0.25, 0.3) is 6.41 Å². The number of cyclic esters (lactones) is 1. The van der Waals surface area contributed by atoms with Crippen molar-refractivity contribution in [2.75, 3.05) is 12.4 Å². The van der Waals surface area contributed by atoms with Crippen LogP contribution in [0.1, 0.15) is 16.1 Å². The minimum Gasteiger partial charge on any atom is -0.413 e. The molecule has 1 atom stereocenters. The van der Waals surface area contributed by atoms with Crippen LogP contribution in [-0.2, 0) is 9.47 Å². The van der Waals surface area contributed by atoms with Gasteiger partial charge in [0.1, 0.15) is 11.4 Å². The Morgan fingerprint density at radius 1 is 1.57 bits per heavy atom. The van der Waals surface area contributed by atoms with Crippen molar-refractivity contribution in [1.29, 1.82) is 0 Å². The molecule has 0 saturated heterocycles. The highest BCUT2D eigenvalue weighted by molar-refractivity contribution is 5.96. The molecule has 1 aromatic rings. The number of ether oxygens (including phenoxy) is 2. The van der Waals surface area contributed by atoms with Gasteiger partial charge in [-0.05, 0) is 19.1 Å². The number of methoxy groups -OCH3 is 1. The molecule has 0 bridgehead atoms. The van der Waals surface area contributed by atoms with Gasteiger partial charge >= 0.3 is 5.97 Å². The van der Waals surface area contributed by atoms with Crippen molar-refractivity contribution in [3.8, 4) is 0 Å². The van der Waals surface area contributed by atoms with E-state index in [2.05, 4.69) is 10.3 Å². The van der Waals surface area contributed by atoms with Crippen LogP contribution >= 0.6 is 0 Å². The number of nitrogens with zero attached hydrogens (tertiary/aromatic N) is 1. The molecule has 2 heterocycles. The van der Waals surface area contributed by atoms with Gasteiger partial charge in [-0.3, -0.25) is 0 Å². The third-order valence-corrected chi connectivity index (χ3v) is 1.94. The summed E-state index contributed by atoms with van der Waals surface area (Å²) in [6.45, 7) is 1.85. The summed E-state index contributed by atoms with van der Waals surface area (Å²) < 4.78 is 9.75. The minimum atomic E-state index is -0.746. The summed E-state index contributed by atoms with van der Waals surface area (Å²) in [5.74, 6) is 0.0891. The van der Waals surface area contributed by atoms with E-state index in [4.69, 9.17) is 9.47 Å². The fraction of sp³-hybridized carbons (Fsp3) is 0.333. The molecule has 0 amide bonds. The first-order valence-corrected chi connectivity index (χ1v) is 4.18. The van der Waals surface area contributed by atoms with Crippen LogP contribution in [0.15, 0.2) is 12.1 Å². The molecular formula is C9H10N2O3. The van der Waals surface area contributed by atoms with E-state index in [1.165, 1.54) is 7.11 Å². The van der Waals surface area contributed by atoms with E-state index in [0.717, 1.165) is 5.69 Å². The second kappa shape index (κ2) is 3.26. The molecule has 5 nitrogen and oxygen atoms in total. The average molecular weight is 194 g/mol. The predicted octanol–water partition coefficient (Wildman–Crippen LogP) is 0.902. The highest BCUT2D eigenvalue weighted by Gasteiger charge is 2.26. The lowest BCUT2D eigenvalue weighted by Crippen LogP contribution is -2.34. The zero-order chi connectivity index (χ0) is 10.1. The van der Waals surface area contributed by atoms with E-state index in [1.54, 1.807) is 12.1 Å². The number of aryl methyl sites for hydroxylation is 1. The number of carbonyl (C=O) groups excluding carboxylic acids is 1. The van der Waals surface area contributed by atoms with Gasteiger partial charge in [-0.25, -0.2) is 9.78 Å². The molecule has 2 rings (SSSR count). The summed E-state index contributed by atoms with van der Waals surface area (Å²) >= 11 is 0. The topological polar surface area (TPSA) is 60.5 Å². The molecule has 14 heavy (non-hydrogen) atoms. The Bertz CT molecular complexity index is 378. The maximum absolute atomic E-state index is 11.4. The van der Waals surface area contributed by atoms with E-state index >= 15 is 0 Å². The van der Waals surface area contributed by atoms with Gasteiger partial charge in [0.2, 0.25) is 0 Å². The maximum atomic E-state index is 11.4. The summed E-state index contributed by atoms with van der Waals surface area (Å²) in [5, 5.41) is 2.84. The molecule has 1 aliphatic heterocycles. The molecule has 1 N–H and O–H groups in total. The summed E-state index contributed by atoms with van der Waals surface area (Å²) in [5.41, 5.74) is 1.27. The number of nitrogens with one attached hydrogen (secondary N) is 1. The zero-order valence-electron chi connectivity index (χ0n) is 7.90. The van der Waals surface area contributed by atoms with E-state index in [0.29, 0.717) is 11.4 Å². The molecule has 0 aromatic carbocycles. The fourth-order valence-electron chi connectivity index (χ4n) is 1.24. The zero-order valence-corrected chi connectivity index (χ0v) is 7.90. The van der Waals surface area contributed by atoms with Crippen LogP contribution in [0.2, 0.25) is 0 Å². The number of anilines is 1. The molecule has 0 fully saturated rings. The molecule has 0 aliphatic carbocycles. The quantitative estimate of drug-likeness (QED) is 0.673. The summed E-state index contributed by atoms with van der Waals surface area (Å²) in [6, 6.07) is 3.44. The Morgan fingerprint density at radius 3 is 3.07 bits per heavy atom. The monoisotopic (exact) mass is 194 g/mol. The number of esters is 1. The van der Waals surface area contributed by atoms with E-state index in [-0.39, 0.29) is 0 Å². The van der Waals surface area contributed by atoms with Crippen LogP contribution in [-0.4, -0.2) is 24.5 Å². The summed E-state index contributed by atoms with van der Waals surface area (Å²) in [4.78, 5) is 15.6. The van der Waals surface area contributed by atoms with Gasteiger partial charge in [0.05, 0.1) is 0 Å². The molecule has 74 valence electrons. The first kappa shape index (κ1) is 8.96. The van der Waals surface area contributed by atoms with Crippen LogP contribution in [0.25, 0.3) is 0 Å². The van der Waals surface area contributed by atoms with Crippen molar-refractivity contribution in [3.05, 3.63) is 23.4 Å². The second-order valence-corrected chi connectivity index (χ2v) is 2.97. The lowest BCUT2D eigenvalue weighted by Gasteiger charge is -2.24. The van der Waals surface area contributed by atoms with Crippen LogP contribution < -0.4 is 5.32 Å². The van der Waals surface area contributed by atoms with Gasteiger partial charge in [-0.15, -0.1) is 0 Å². The molecule has 0 radical (unpaired) electrons. The van der Waals surface area contributed by atoms with Gasteiger partial charge in [-0.2, -0.15) is 0 Å². The summed E-state index contributed by atoms with van der Waals surface area (Å²) in [7, 11) is 1.45. The van der Waals surface area contributed by atoms with Crippen LogP contribution in [0.4, 0.5) is 5.82 Å². The number of hydrogen-bond donors (Lipinski definition) is 1. The third kappa shape index (κ3) is 1.42. The van der Waals surface area contributed by atoms with Crippen LogP contribution in [0, 0.1) is 6.92 Å². The number of rotatable bonds is 1. The molecule has 1 aliphatic rings. The number of fused-ring (bicyclic) bond motifs is 1. The number of pyridine rings is 1. The molecule has 1 unspecified atom stereocenters. The average Bonchev–Trinajstić information content (AvgIpc) is 2.16. The highest BCUT2D eigenvalue weighted by atomic mass is 16.7. The van der Waals surface area contributed by atoms with Crippen molar-refractivity contribution >= 4 is 11.8 Å². The molecule has 0 saturated carbocycles. The van der Waals surface area contributed by atoms with E-state index in [9.17, 15) is 4.79 Å². The van der Waals surface area contributed by atoms with Gasteiger partial charge in [0, 0.05) is 12.8 Å². The Balaban J connectivity index is 2.40. The SMILES string of the molecule is COC1Nc2nc(C)ccc2C(=O)O1. The van der Waals surface area contributed by atoms with E-state index in [1.807, 2.05) is 6.92 Å². The smallest absolute Gasteiger partial charge is 0.345 e. The first-order valence-electron chi connectivity index (χ1n) is 4.18. The summed E-state index contributed by atoms with van der Waals surface area (Å²) in [6.07, 6.45) is -0.746. The largest absolute Gasteiger partial charge is 0.413 e. The minimum absolute atomic E-state index is 0.418. The Hall–Kier alpha value is -1.62. The standard InChI is InChI=1S/C9H10N2O3/c1-5-3-4-6-7(10-5)11-9(13-2)14-8(6)12/h3-4,9H,1-2H3,(H,10,11). The van der Waals surface area contributed by atoms with Crippen LogP contribution in [0.5, 0.6) is 0 Å². The molecule has 1 aromatic heterocycles. The van der Waals surface area contributed by atoms with Gasteiger partial charge in [-0.1, -0.05) is 0 Å². The Morgan fingerprint density at radius 2 is 2.36 bits per heavy atom.